The van der Waals surface area contributed by atoms with E-state index >= 15 is 0 Å². The molecule has 3 heterocycles. The topological polar surface area (TPSA) is 91.5 Å². The molecular formula is C23H27N7O. The van der Waals surface area contributed by atoms with Crippen molar-refractivity contribution in [1.82, 2.24) is 19.9 Å². The van der Waals surface area contributed by atoms with Crippen LogP contribution in [0.15, 0.2) is 61.2 Å². The molecule has 0 unspecified atom stereocenters. The number of pyridine rings is 1. The van der Waals surface area contributed by atoms with Crippen LogP contribution in [0.2, 0.25) is 0 Å². The van der Waals surface area contributed by atoms with E-state index in [-0.39, 0.29) is 12.5 Å². The number of piperazine rings is 1. The first-order valence-corrected chi connectivity index (χ1v) is 10.4. The average Bonchev–Trinajstić information content (AvgIpc) is 2.84. The van der Waals surface area contributed by atoms with Gasteiger partial charge in [0.1, 0.15) is 0 Å². The number of nitrogens with two attached hydrogens (primary N) is 1. The lowest BCUT2D eigenvalue weighted by Crippen LogP contribution is -2.47. The van der Waals surface area contributed by atoms with E-state index in [1.165, 1.54) is 5.69 Å². The number of benzene rings is 1. The second kappa shape index (κ2) is 9.53. The fraction of sp³-hybridized carbons (Fsp3) is 0.304. The Balaban J connectivity index is 1.40. The number of anilines is 2. The van der Waals surface area contributed by atoms with E-state index < -0.39 is 0 Å². The van der Waals surface area contributed by atoms with Crippen LogP contribution >= 0.6 is 0 Å². The molecule has 4 rings (SSSR count). The van der Waals surface area contributed by atoms with Crippen molar-refractivity contribution < 1.29 is 4.79 Å². The number of hydrogen-bond donors (Lipinski definition) is 1. The number of amides is 1. The highest BCUT2D eigenvalue weighted by molar-refractivity contribution is 5.77. The van der Waals surface area contributed by atoms with Gasteiger partial charge in [-0.05, 0) is 29.3 Å². The summed E-state index contributed by atoms with van der Waals surface area (Å²) in [6, 6.07) is 12.2. The number of aromatic nitrogens is 3. The maximum Gasteiger partial charge on any atom is 0.236 e. The molecule has 0 saturated carbocycles. The molecule has 8 nitrogen and oxygen atoms in total. The molecule has 0 aliphatic carbocycles. The molecule has 2 N–H and O–H groups in total. The van der Waals surface area contributed by atoms with Crippen LogP contribution in [0.25, 0.3) is 11.1 Å². The van der Waals surface area contributed by atoms with E-state index in [1.807, 2.05) is 55.1 Å². The van der Waals surface area contributed by atoms with Gasteiger partial charge >= 0.3 is 0 Å². The van der Waals surface area contributed by atoms with Gasteiger partial charge in [0.15, 0.2) is 0 Å². The highest BCUT2D eigenvalue weighted by Gasteiger charge is 2.19. The minimum atomic E-state index is -0.0814. The lowest BCUT2D eigenvalue weighted by molar-refractivity contribution is -0.128. The molecule has 1 fully saturated rings. The Morgan fingerprint density at radius 2 is 1.68 bits per heavy atom. The zero-order valence-corrected chi connectivity index (χ0v) is 17.7. The zero-order valence-electron chi connectivity index (χ0n) is 17.7. The molecular weight excluding hydrogens is 390 g/mol. The van der Waals surface area contributed by atoms with Gasteiger partial charge in [-0.25, -0.2) is 9.97 Å². The van der Waals surface area contributed by atoms with Crippen molar-refractivity contribution in [2.75, 3.05) is 49.6 Å². The van der Waals surface area contributed by atoms with E-state index in [4.69, 9.17) is 5.73 Å². The van der Waals surface area contributed by atoms with E-state index in [0.29, 0.717) is 6.54 Å². The molecule has 1 aliphatic heterocycles. The fourth-order valence-electron chi connectivity index (χ4n) is 3.72. The molecule has 1 saturated heterocycles. The van der Waals surface area contributed by atoms with Gasteiger partial charge in [-0.1, -0.05) is 18.2 Å². The quantitative estimate of drug-likeness (QED) is 0.654. The van der Waals surface area contributed by atoms with Crippen molar-refractivity contribution in [1.29, 1.82) is 0 Å². The van der Waals surface area contributed by atoms with Crippen molar-refractivity contribution in [3.05, 3.63) is 66.7 Å². The van der Waals surface area contributed by atoms with E-state index in [2.05, 4.69) is 30.8 Å². The maximum absolute atomic E-state index is 11.7. The minimum Gasteiger partial charge on any atom is -0.368 e. The average molecular weight is 418 g/mol. The lowest BCUT2D eigenvalue weighted by Gasteiger charge is -2.36. The van der Waals surface area contributed by atoms with Gasteiger partial charge in [0.25, 0.3) is 0 Å². The third kappa shape index (κ3) is 4.97. The molecule has 0 radical (unpaired) electrons. The molecule has 1 aliphatic rings. The molecule has 2 aromatic heterocycles. The Hall–Kier alpha value is -3.52. The highest BCUT2D eigenvalue weighted by atomic mass is 16.2. The molecule has 0 atom stereocenters. The van der Waals surface area contributed by atoms with Crippen LogP contribution in [-0.2, 0) is 11.3 Å². The fourth-order valence-corrected chi connectivity index (χ4v) is 3.72. The Morgan fingerprint density at radius 3 is 2.35 bits per heavy atom. The summed E-state index contributed by atoms with van der Waals surface area (Å²) in [5, 5.41) is 0. The third-order valence-electron chi connectivity index (χ3n) is 5.51. The molecule has 8 heteroatoms. The lowest BCUT2D eigenvalue weighted by atomic mass is 10.1. The molecule has 1 aromatic carbocycles. The Morgan fingerprint density at radius 1 is 1.00 bits per heavy atom. The van der Waals surface area contributed by atoms with Gasteiger partial charge in [-0.3, -0.25) is 9.78 Å². The first kappa shape index (κ1) is 20.7. The van der Waals surface area contributed by atoms with Gasteiger partial charge in [0, 0.05) is 75.8 Å². The van der Waals surface area contributed by atoms with Gasteiger partial charge in [0.05, 0.1) is 6.54 Å². The minimum absolute atomic E-state index is 0.0162. The number of carbonyl (C=O) groups excluding carboxylic acids is 1. The molecule has 0 bridgehead atoms. The number of nitrogens with zero attached hydrogens (tertiary/aromatic N) is 6. The smallest absolute Gasteiger partial charge is 0.236 e. The van der Waals surface area contributed by atoms with Crippen LogP contribution in [-0.4, -0.2) is 65.5 Å². The summed E-state index contributed by atoms with van der Waals surface area (Å²) in [6.45, 7) is 4.13. The number of hydrogen-bond acceptors (Lipinski definition) is 7. The number of likely N-dealkylation sites (N-methyl/N-ethyl adjacent to an activating group) is 1. The largest absolute Gasteiger partial charge is 0.368 e. The van der Waals surface area contributed by atoms with Crippen LogP contribution in [0, 0.1) is 0 Å². The van der Waals surface area contributed by atoms with Crippen molar-refractivity contribution >= 4 is 17.5 Å². The second-order valence-electron chi connectivity index (χ2n) is 7.61. The number of carbonyl (C=O) groups is 1. The van der Waals surface area contributed by atoms with Crippen molar-refractivity contribution in [3.8, 4) is 11.1 Å². The van der Waals surface area contributed by atoms with Crippen LogP contribution in [0.3, 0.4) is 0 Å². The maximum atomic E-state index is 11.7. The highest BCUT2D eigenvalue weighted by Crippen LogP contribution is 2.22. The predicted octanol–water partition coefficient (Wildman–Crippen LogP) is 1.78. The first-order valence-electron chi connectivity index (χ1n) is 10.4. The Labute approximate surface area is 182 Å². The molecule has 1 amide bonds. The van der Waals surface area contributed by atoms with Crippen LogP contribution in [0.1, 0.15) is 5.56 Å². The summed E-state index contributed by atoms with van der Waals surface area (Å²) in [7, 11) is 1.76. The standard InChI is InChI=1S/C23H27N7O/c1-28(22(31)14-24)17-18-3-2-4-19(13-18)20-15-26-23(27-16-20)30-11-9-29(10-12-30)21-5-7-25-8-6-21/h2-8,13,15-16H,9-12,14,17,24H2,1H3. The van der Waals surface area contributed by atoms with Gasteiger partial charge in [0.2, 0.25) is 11.9 Å². The molecule has 3 aromatic rings. The summed E-state index contributed by atoms with van der Waals surface area (Å²) in [5.74, 6) is 0.671. The van der Waals surface area contributed by atoms with Gasteiger partial charge in [-0.15, -0.1) is 0 Å². The SMILES string of the molecule is CN(Cc1cccc(-c2cnc(N3CCN(c4ccncc4)CC3)nc2)c1)C(=O)CN. The molecule has 31 heavy (non-hydrogen) atoms. The first-order chi connectivity index (χ1) is 15.1. The predicted molar refractivity (Wildman–Crippen MR) is 122 cm³/mol. The third-order valence-corrected chi connectivity index (χ3v) is 5.51. The summed E-state index contributed by atoms with van der Waals surface area (Å²) >= 11 is 0. The van der Waals surface area contributed by atoms with Crippen molar-refractivity contribution in [3.63, 3.8) is 0 Å². The van der Waals surface area contributed by atoms with Crippen LogP contribution in [0.4, 0.5) is 11.6 Å². The Bertz CT molecular complexity index is 1000. The zero-order chi connectivity index (χ0) is 21.6. The van der Waals surface area contributed by atoms with E-state index in [0.717, 1.165) is 48.8 Å². The second-order valence-corrected chi connectivity index (χ2v) is 7.61. The van der Waals surface area contributed by atoms with Crippen molar-refractivity contribution in [2.24, 2.45) is 5.73 Å². The number of rotatable bonds is 6. The van der Waals surface area contributed by atoms with E-state index in [1.54, 1.807) is 11.9 Å². The summed E-state index contributed by atoms with van der Waals surface area (Å²) in [6.07, 6.45) is 7.39. The summed E-state index contributed by atoms with van der Waals surface area (Å²) < 4.78 is 0. The normalized spacial score (nSPS) is 13.9. The van der Waals surface area contributed by atoms with Crippen LogP contribution in [0.5, 0.6) is 0 Å². The molecule has 0 spiro atoms. The van der Waals surface area contributed by atoms with Gasteiger partial charge in [-0.2, -0.15) is 0 Å². The van der Waals surface area contributed by atoms with Crippen LogP contribution < -0.4 is 15.5 Å². The monoisotopic (exact) mass is 417 g/mol. The van der Waals surface area contributed by atoms with Crippen molar-refractivity contribution in [2.45, 2.75) is 6.54 Å². The summed E-state index contributed by atoms with van der Waals surface area (Å²) in [5.41, 5.74) is 9.66. The summed E-state index contributed by atoms with van der Waals surface area (Å²) in [4.78, 5) is 31.2. The molecule has 160 valence electrons. The van der Waals surface area contributed by atoms with Gasteiger partial charge < -0.3 is 20.4 Å². The Kier molecular flexibility index (Phi) is 6.37. The van der Waals surface area contributed by atoms with E-state index in [9.17, 15) is 4.79 Å².